The molecule has 2 aromatic carbocycles. The third kappa shape index (κ3) is 6.74. The standard InChI is InChI=1S/C28H32ClN5O2S/c1-19-12-14-33(15-13-19)17-21-4-9-24(10-5-21)34-18-23(16-26(34)35)30-27(36)28-32-31-25(37-28)11-6-20-2-7-22(29)8-3-20/h2-5,7-10,19,23H,6,11-18H2,1H3,(H,30,36). The molecule has 0 bridgehead atoms. The highest BCUT2D eigenvalue weighted by Gasteiger charge is 2.32. The molecule has 9 heteroatoms. The van der Waals surface area contributed by atoms with E-state index in [0.717, 1.165) is 48.2 Å². The zero-order valence-corrected chi connectivity index (χ0v) is 22.6. The minimum absolute atomic E-state index is 0.0176. The fraction of sp³-hybridized carbons (Fsp3) is 0.429. The Labute approximate surface area is 226 Å². The van der Waals surface area contributed by atoms with Crippen molar-refractivity contribution in [3.05, 3.63) is 74.7 Å². The molecule has 2 saturated heterocycles. The first kappa shape index (κ1) is 25.8. The highest BCUT2D eigenvalue weighted by atomic mass is 35.5. The second-order valence-electron chi connectivity index (χ2n) is 10.1. The maximum Gasteiger partial charge on any atom is 0.282 e. The Balaban J connectivity index is 1.11. The first-order valence-corrected chi connectivity index (χ1v) is 14.1. The Morgan fingerprint density at radius 2 is 1.73 bits per heavy atom. The number of anilines is 1. The van der Waals surface area contributed by atoms with E-state index in [0.29, 0.717) is 23.0 Å². The molecule has 37 heavy (non-hydrogen) atoms. The second-order valence-corrected chi connectivity index (χ2v) is 11.6. The first-order chi connectivity index (χ1) is 17.9. The summed E-state index contributed by atoms with van der Waals surface area (Å²) in [4.78, 5) is 29.7. The molecule has 1 N–H and O–H groups in total. The van der Waals surface area contributed by atoms with Gasteiger partial charge in [-0.05, 0) is 73.7 Å². The molecule has 0 spiro atoms. The third-order valence-corrected chi connectivity index (χ3v) is 8.43. The van der Waals surface area contributed by atoms with Crippen LogP contribution in [0.3, 0.4) is 0 Å². The molecule has 0 aliphatic carbocycles. The lowest BCUT2D eigenvalue weighted by atomic mass is 9.99. The molecule has 2 fully saturated rings. The maximum absolute atomic E-state index is 12.8. The number of aromatic nitrogens is 2. The van der Waals surface area contributed by atoms with Crippen LogP contribution in [0.4, 0.5) is 5.69 Å². The van der Waals surface area contributed by atoms with Crippen LogP contribution in [0.2, 0.25) is 5.02 Å². The van der Waals surface area contributed by atoms with Gasteiger partial charge >= 0.3 is 0 Å². The Morgan fingerprint density at radius 3 is 2.46 bits per heavy atom. The molecule has 2 aliphatic rings. The molecule has 2 amide bonds. The Morgan fingerprint density at radius 1 is 1.03 bits per heavy atom. The molecule has 1 aromatic heterocycles. The lowest BCUT2D eigenvalue weighted by Gasteiger charge is -2.30. The topological polar surface area (TPSA) is 78.4 Å². The average Bonchev–Trinajstić information content (AvgIpc) is 3.52. The number of piperidine rings is 1. The number of amides is 2. The minimum atomic E-state index is -0.277. The van der Waals surface area contributed by atoms with E-state index in [1.54, 1.807) is 4.90 Å². The molecular formula is C28H32ClN5O2S. The quantitative estimate of drug-likeness (QED) is 0.449. The van der Waals surface area contributed by atoms with Gasteiger partial charge in [-0.3, -0.25) is 14.5 Å². The van der Waals surface area contributed by atoms with Crippen LogP contribution < -0.4 is 10.2 Å². The van der Waals surface area contributed by atoms with Crippen LogP contribution in [-0.2, 0) is 24.2 Å². The van der Waals surface area contributed by atoms with Crippen LogP contribution in [-0.4, -0.2) is 52.6 Å². The molecule has 1 unspecified atom stereocenters. The smallest absolute Gasteiger partial charge is 0.282 e. The predicted molar refractivity (Wildman–Crippen MR) is 147 cm³/mol. The van der Waals surface area contributed by atoms with Gasteiger partial charge in [0.2, 0.25) is 10.9 Å². The molecule has 7 nitrogen and oxygen atoms in total. The van der Waals surface area contributed by atoms with E-state index in [9.17, 15) is 9.59 Å². The van der Waals surface area contributed by atoms with Crippen LogP contribution >= 0.6 is 22.9 Å². The van der Waals surface area contributed by atoms with Crippen LogP contribution in [0.1, 0.15) is 52.1 Å². The molecule has 0 radical (unpaired) electrons. The Kier molecular flexibility index (Phi) is 8.17. The first-order valence-electron chi connectivity index (χ1n) is 12.9. The summed E-state index contributed by atoms with van der Waals surface area (Å²) in [5.74, 6) is 0.562. The second kappa shape index (κ2) is 11.7. The van der Waals surface area contributed by atoms with Gasteiger partial charge in [-0.15, -0.1) is 10.2 Å². The summed E-state index contributed by atoms with van der Waals surface area (Å²) >= 11 is 7.24. The molecule has 2 aliphatic heterocycles. The zero-order valence-electron chi connectivity index (χ0n) is 21.0. The van der Waals surface area contributed by atoms with Gasteiger partial charge in [0, 0.05) is 36.6 Å². The molecule has 0 saturated carbocycles. The summed E-state index contributed by atoms with van der Waals surface area (Å²) in [7, 11) is 0. The average molecular weight is 538 g/mol. The van der Waals surface area contributed by atoms with Crippen molar-refractivity contribution >= 4 is 40.4 Å². The summed E-state index contributed by atoms with van der Waals surface area (Å²) in [5.41, 5.74) is 3.29. The minimum Gasteiger partial charge on any atom is -0.345 e. The van der Waals surface area contributed by atoms with Crippen molar-refractivity contribution < 1.29 is 9.59 Å². The maximum atomic E-state index is 12.8. The number of hydrogen-bond donors (Lipinski definition) is 1. The number of nitrogens with one attached hydrogen (secondary N) is 1. The number of likely N-dealkylation sites (tertiary alicyclic amines) is 1. The van der Waals surface area contributed by atoms with E-state index in [1.807, 2.05) is 36.4 Å². The molecule has 194 valence electrons. The van der Waals surface area contributed by atoms with E-state index >= 15 is 0 Å². The van der Waals surface area contributed by atoms with E-state index in [2.05, 4.69) is 39.5 Å². The summed E-state index contributed by atoms with van der Waals surface area (Å²) < 4.78 is 0. The SMILES string of the molecule is CC1CCN(Cc2ccc(N3CC(NC(=O)c4nnc(CCc5ccc(Cl)cc5)s4)CC3=O)cc2)CC1. The Hall–Kier alpha value is -2.81. The highest BCUT2D eigenvalue weighted by Crippen LogP contribution is 2.24. The zero-order chi connectivity index (χ0) is 25.8. The third-order valence-electron chi connectivity index (χ3n) is 7.19. The van der Waals surface area contributed by atoms with Gasteiger partial charge in [-0.1, -0.05) is 54.1 Å². The van der Waals surface area contributed by atoms with E-state index in [1.165, 1.54) is 29.7 Å². The van der Waals surface area contributed by atoms with Gasteiger partial charge in [0.05, 0.1) is 6.04 Å². The number of aryl methyl sites for hydroxylation is 2. The molecular weight excluding hydrogens is 506 g/mol. The van der Waals surface area contributed by atoms with Gasteiger partial charge < -0.3 is 10.2 Å². The van der Waals surface area contributed by atoms with Crippen molar-refractivity contribution in [2.24, 2.45) is 5.92 Å². The number of benzene rings is 2. The summed E-state index contributed by atoms with van der Waals surface area (Å²) in [6.07, 6.45) is 4.30. The number of rotatable bonds is 8. The van der Waals surface area contributed by atoms with E-state index in [4.69, 9.17) is 11.6 Å². The number of hydrogen-bond acceptors (Lipinski definition) is 6. The lowest BCUT2D eigenvalue weighted by molar-refractivity contribution is -0.117. The van der Waals surface area contributed by atoms with Crippen molar-refractivity contribution in [2.75, 3.05) is 24.5 Å². The molecule has 1 atom stereocenters. The van der Waals surface area contributed by atoms with Crippen molar-refractivity contribution in [1.82, 2.24) is 20.4 Å². The fourth-order valence-electron chi connectivity index (χ4n) is 4.91. The molecule has 3 aromatic rings. The summed E-state index contributed by atoms with van der Waals surface area (Å²) in [5, 5.41) is 13.1. The lowest BCUT2D eigenvalue weighted by Crippen LogP contribution is -2.37. The van der Waals surface area contributed by atoms with E-state index < -0.39 is 0 Å². The number of carbonyl (C=O) groups is 2. The van der Waals surface area contributed by atoms with Gasteiger partial charge in [0.15, 0.2) is 0 Å². The number of halogens is 1. The molecule has 5 rings (SSSR count). The molecule has 3 heterocycles. The van der Waals surface area contributed by atoms with Gasteiger partial charge in [-0.25, -0.2) is 0 Å². The summed E-state index contributed by atoms with van der Waals surface area (Å²) in [6, 6.07) is 15.7. The van der Waals surface area contributed by atoms with Gasteiger partial charge in [0.1, 0.15) is 5.01 Å². The van der Waals surface area contributed by atoms with Gasteiger partial charge in [0.25, 0.3) is 5.91 Å². The van der Waals surface area contributed by atoms with E-state index in [-0.39, 0.29) is 24.3 Å². The predicted octanol–water partition coefficient (Wildman–Crippen LogP) is 4.74. The van der Waals surface area contributed by atoms with Crippen LogP contribution in [0.25, 0.3) is 0 Å². The van der Waals surface area contributed by atoms with Crippen molar-refractivity contribution in [2.45, 2.75) is 51.6 Å². The number of carbonyl (C=O) groups excluding carboxylic acids is 2. The fourth-order valence-corrected chi connectivity index (χ4v) is 5.78. The number of nitrogens with zero attached hydrogens (tertiary/aromatic N) is 4. The largest absolute Gasteiger partial charge is 0.345 e. The van der Waals surface area contributed by atoms with Crippen molar-refractivity contribution in [3.63, 3.8) is 0 Å². The highest BCUT2D eigenvalue weighted by molar-refractivity contribution is 7.13. The van der Waals surface area contributed by atoms with Crippen LogP contribution in [0, 0.1) is 5.92 Å². The van der Waals surface area contributed by atoms with Gasteiger partial charge in [-0.2, -0.15) is 0 Å². The Bertz CT molecular complexity index is 1220. The van der Waals surface area contributed by atoms with Crippen molar-refractivity contribution in [1.29, 1.82) is 0 Å². The summed E-state index contributed by atoms with van der Waals surface area (Å²) in [6.45, 7) is 6.02. The van der Waals surface area contributed by atoms with Crippen LogP contribution in [0.15, 0.2) is 48.5 Å². The van der Waals surface area contributed by atoms with Crippen LogP contribution in [0.5, 0.6) is 0 Å². The van der Waals surface area contributed by atoms with Crippen molar-refractivity contribution in [3.8, 4) is 0 Å². The normalized spacial score (nSPS) is 18.9. The monoisotopic (exact) mass is 537 g/mol.